The second-order valence-electron chi connectivity index (χ2n) is 18.3. The summed E-state index contributed by atoms with van der Waals surface area (Å²) in [6.07, 6.45) is 5.36. The first-order valence-electron chi connectivity index (χ1n) is 18.5. The van der Waals surface area contributed by atoms with Crippen LogP contribution in [-0.4, -0.2) is 3.21 Å². The van der Waals surface area contributed by atoms with Gasteiger partial charge in [0.1, 0.15) is 0 Å². The third kappa shape index (κ3) is 8.28. The average molecular weight is 797 g/mol. The molecule has 0 saturated heterocycles. The zero-order valence-corrected chi connectivity index (χ0v) is 37.2. The molecular weight excluding hydrogens is 739 g/mol. The van der Waals surface area contributed by atoms with Crippen LogP contribution in [-0.2, 0) is 32.1 Å². The number of benzene rings is 4. The summed E-state index contributed by atoms with van der Waals surface area (Å²) in [7, 11) is 0. The standard InChI is InChI=1S/C21H25.C15H14.C12H19.2ClH.Zr/c1-20(2,3)16-9-7-14-11-15-8-10-17(21(4,5)6)13-19(15)18(14)12-16;1-12-3-7-14(8-4-12)11-15-9-5-13(2)6-10-15;1-9(2)10-6-7-11(8-10)12(3,4)5;;;/h7-13H,1-6H3;3-10H,1-2H3;7-10H,1-5H3;2*1H;/q;;;;;+2/p-2. The Morgan fingerprint density at radius 2 is 0.980 bits per heavy atom. The first-order valence-corrected chi connectivity index (χ1v) is 22.3. The normalized spacial score (nSPS) is 15.6. The van der Waals surface area contributed by atoms with Crippen molar-refractivity contribution < 1.29 is 46.1 Å². The molecule has 51 heavy (non-hydrogen) atoms. The van der Waals surface area contributed by atoms with Gasteiger partial charge in [-0.1, -0.05) is 0 Å². The van der Waals surface area contributed by atoms with Crippen LogP contribution >= 0.6 is 0 Å². The van der Waals surface area contributed by atoms with Crippen molar-refractivity contribution in [3.63, 3.8) is 0 Å². The molecule has 0 heterocycles. The molecule has 0 N–H and O–H groups in total. The summed E-state index contributed by atoms with van der Waals surface area (Å²) in [6, 6.07) is 34.1. The summed E-state index contributed by atoms with van der Waals surface area (Å²) in [5.74, 6) is 0.982. The van der Waals surface area contributed by atoms with Crippen LogP contribution in [0.15, 0.2) is 106 Å². The molecule has 0 amide bonds. The van der Waals surface area contributed by atoms with Crippen LogP contribution in [0.3, 0.4) is 0 Å². The van der Waals surface area contributed by atoms with E-state index >= 15 is 0 Å². The third-order valence-corrected chi connectivity index (χ3v) is 19.3. The molecule has 0 aromatic heterocycles. The van der Waals surface area contributed by atoms with E-state index in [1.165, 1.54) is 50.1 Å². The number of aryl methyl sites for hydroxylation is 2. The first-order chi connectivity index (χ1) is 22.8. The zero-order valence-electron chi connectivity index (χ0n) is 33.2. The van der Waals surface area contributed by atoms with Gasteiger partial charge in [-0.05, 0) is 0 Å². The van der Waals surface area contributed by atoms with Crippen molar-refractivity contribution in [2.24, 2.45) is 17.3 Å². The Morgan fingerprint density at radius 3 is 1.33 bits per heavy atom. The summed E-state index contributed by atoms with van der Waals surface area (Å²) in [4.78, 5) is 0. The summed E-state index contributed by atoms with van der Waals surface area (Å²) < 4.78 is 3.77. The van der Waals surface area contributed by atoms with Gasteiger partial charge in [-0.15, -0.1) is 0 Å². The van der Waals surface area contributed by atoms with Crippen LogP contribution in [0.5, 0.6) is 0 Å². The van der Waals surface area contributed by atoms with E-state index in [1.807, 2.05) is 0 Å². The molecule has 0 spiro atoms. The van der Waals surface area contributed by atoms with Gasteiger partial charge in [-0.2, -0.15) is 0 Å². The van der Waals surface area contributed by atoms with E-state index in [9.17, 15) is 0 Å². The van der Waals surface area contributed by atoms with Gasteiger partial charge in [0.25, 0.3) is 0 Å². The molecule has 0 radical (unpaired) electrons. The zero-order chi connectivity index (χ0) is 35.6. The molecule has 0 saturated carbocycles. The van der Waals surface area contributed by atoms with E-state index in [-0.39, 0.29) is 41.1 Å². The van der Waals surface area contributed by atoms with Gasteiger partial charge in [0.05, 0.1) is 0 Å². The minimum absolute atomic E-state index is 0. The molecule has 2 aliphatic rings. The van der Waals surface area contributed by atoms with E-state index in [0.29, 0.717) is 15.5 Å². The maximum absolute atomic E-state index is 2.93. The molecule has 4 aromatic carbocycles. The van der Waals surface area contributed by atoms with Gasteiger partial charge in [0.2, 0.25) is 0 Å². The molecule has 6 rings (SSSR count). The molecular formula is C48H58Cl2Zr. The Kier molecular flexibility index (Phi) is 12.4. The molecule has 1 unspecified atom stereocenters. The molecule has 0 aliphatic heterocycles. The Hall–Kier alpha value is -2.31. The monoisotopic (exact) mass is 794 g/mol. The van der Waals surface area contributed by atoms with Crippen LogP contribution in [0.25, 0.3) is 11.1 Å². The Morgan fingerprint density at radius 1 is 0.569 bits per heavy atom. The summed E-state index contributed by atoms with van der Waals surface area (Å²) in [5.41, 5.74) is 16.1. The Labute approximate surface area is 330 Å². The van der Waals surface area contributed by atoms with Gasteiger partial charge < -0.3 is 24.8 Å². The molecule has 4 aromatic rings. The summed E-state index contributed by atoms with van der Waals surface area (Å²) >= 11 is -2.93. The van der Waals surface area contributed by atoms with E-state index in [1.54, 1.807) is 17.6 Å². The minimum atomic E-state index is -2.93. The molecule has 0 bridgehead atoms. The molecule has 2 aliphatic carbocycles. The van der Waals surface area contributed by atoms with Crippen molar-refractivity contribution in [3.05, 3.63) is 150 Å². The van der Waals surface area contributed by atoms with Gasteiger partial charge in [0.15, 0.2) is 0 Å². The third-order valence-electron chi connectivity index (χ3n) is 10.9. The van der Waals surface area contributed by atoms with E-state index in [0.717, 1.165) is 0 Å². The quantitative estimate of drug-likeness (QED) is 0.204. The predicted octanol–water partition coefficient (Wildman–Crippen LogP) is 7.01. The maximum Gasteiger partial charge on any atom is -1.00 e. The van der Waals surface area contributed by atoms with Crippen LogP contribution in [0.2, 0.25) is 0 Å². The first kappa shape index (κ1) is 41.4. The summed E-state index contributed by atoms with van der Waals surface area (Å²) in [6.45, 7) is 30.6. The SMILES string of the molecule is Cc1ccc([C](c2ccc(C)cc2)=[Zr+2]([C]2=CC(C(C)(C)C)=CC2C(C)C)[CH]2c3ccc(C(C)(C)C)cc3-c3cc(C(C)(C)C)ccc32)cc1.[Cl-].[Cl-]. The Bertz CT molecular complexity index is 1870. The van der Waals surface area contributed by atoms with Crippen LogP contribution in [0.1, 0.15) is 124 Å². The second kappa shape index (κ2) is 15.2. The molecule has 1 atom stereocenters. The predicted molar refractivity (Wildman–Crippen MR) is 211 cm³/mol. The average Bonchev–Trinajstić information content (AvgIpc) is 3.60. The molecule has 0 fully saturated rings. The van der Waals surface area contributed by atoms with Gasteiger partial charge in [-0.25, -0.2) is 0 Å². The van der Waals surface area contributed by atoms with Crippen molar-refractivity contribution >= 4 is 3.21 Å². The number of rotatable bonds is 5. The van der Waals surface area contributed by atoms with Gasteiger partial charge in [-0.3, -0.25) is 0 Å². The number of fused-ring (bicyclic) bond motifs is 3. The van der Waals surface area contributed by atoms with Gasteiger partial charge in [0, 0.05) is 0 Å². The number of hydrogen-bond acceptors (Lipinski definition) is 0. The smallest absolute Gasteiger partial charge is 1.00 e. The fourth-order valence-electron chi connectivity index (χ4n) is 7.74. The summed E-state index contributed by atoms with van der Waals surface area (Å²) in [5, 5.41) is 0. The largest absolute Gasteiger partial charge is 1.00 e. The number of hydrogen-bond donors (Lipinski definition) is 0. The fraction of sp³-hybridized carbons (Fsp3) is 0.396. The van der Waals surface area contributed by atoms with Crippen LogP contribution in [0, 0.1) is 31.1 Å². The maximum atomic E-state index is 2.70. The Balaban J connectivity index is 0.00000292. The van der Waals surface area contributed by atoms with E-state index in [4.69, 9.17) is 0 Å². The van der Waals surface area contributed by atoms with Crippen molar-refractivity contribution in [1.29, 1.82) is 0 Å². The number of allylic oxidation sites excluding steroid dienone is 4. The van der Waals surface area contributed by atoms with Gasteiger partial charge >= 0.3 is 308 Å². The minimum Gasteiger partial charge on any atom is -1.00 e. The second-order valence-corrected chi connectivity index (χ2v) is 24.4. The molecule has 268 valence electrons. The van der Waals surface area contributed by atoms with Crippen molar-refractivity contribution in [2.75, 3.05) is 0 Å². The fourth-order valence-corrected chi connectivity index (χ4v) is 17.8. The topological polar surface area (TPSA) is 0 Å². The van der Waals surface area contributed by atoms with Crippen molar-refractivity contribution in [3.8, 4) is 11.1 Å². The van der Waals surface area contributed by atoms with E-state index in [2.05, 4.69) is 187 Å². The number of halogens is 2. The van der Waals surface area contributed by atoms with E-state index < -0.39 is 21.3 Å². The molecule has 3 heteroatoms. The molecule has 0 nitrogen and oxygen atoms in total. The van der Waals surface area contributed by atoms with Crippen molar-refractivity contribution in [1.82, 2.24) is 0 Å². The van der Waals surface area contributed by atoms with Crippen LogP contribution in [0.4, 0.5) is 0 Å². The van der Waals surface area contributed by atoms with Crippen LogP contribution < -0.4 is 24.8 Å². The van der Waals surface area contributed by atoms with Crippen molar-refractivity contribution in [2.45, 2.75) is 104 Å².